The average Bonchev–Trinajstić information content (AvgIpc) is 2.91. The summed E-state index contributed by atoms with van der Waals surface area (Å²) >= 11 is 0. The predicted molar refractivity (Wildman–Crippen MR) is 67.6 cm³/mol. The van der Waals surface area contributed by atoms with Crippen LogP contribution in [0.25, 0.3) is 0 Å². The third kappa shape index (κ3) is 2.84. The Bertz CT molecular complexity index is 454. The molecule has 96 valence electrons. The summed E-state index contributed by atoms with van der Waals surface area (Å²) in [5.74, 6) is 1.65. The first-order chi connectivity index (χ1) is 8.85. The molecule has 0 amide bonds. The number of ether oxygens (including phenoxy) is 1. The van der Waals surface area contributed by atoms with Crippen LogP contribution in [0, 0.1) is 0 Å². The van der Waals surface area contributed by atoms with Crippen molar-refractivity contribution in [1.82, 2.24) is 25.9 Å². The molecule has 1 heterocycles. The Kier molecular flexibility index (Phi) is 4.25. The van der Waals surface area contributed by atoms with E-state index in [0.29, 0.717) is 12.4 Å². The molecule has 1 aromatic carbocycles. The number of H-pyrrole nitrogens is 1. The van der Waals surface area contributed by atoms with Gasteiger partial charge in [-0.3, -0.25) is 0 Å². The molecule has 0 aliphatic carbocycles. The number of nitrogens with one attached hydrogen (secondary N) is 2. The van der Waals surface area contributed by atoms with Crippen LogP contribution in [0.5, 0.6) is 5.75 Å². The summed E-state index contributed by atoms with van der Waals surface area (Å²) in [5, 5.41) is 17.3. The number of nitrogens with zero attached hydrogens (tertiary/aromatic N) is 3. The van der Waals surface area contributed by atoms with Gasteiger partial charge in [-0.25, -0.2) is 0 Å². The number of benzene rings is 1. The normalized spacial score (nSPS) is 12.3. The van der Waals surface area contributed by atoms with Gasteiger partial charge < -0.3 is 10.1 Å². The molecule has 0 spiro atoms. The second-order valence-electron chi connectivity index (χ2n) is 3.88. The molecular formula is C12H17N5O. The minimum Gasteiger partial charge on any atom is -0.494 e. The summed E-state index contributed by atoms with van der Waals surface area (Å²) in [6.45, 7) is 3.40. The van der Waals surface area contributed by atoms with Gasteiger partial charge in [-0.1, -0.05) is 17.3 Å². The van der Waals surface area contributed by atoms with Crippen LogP contribution in [0.15, 0.2) is 24.3 Å². The van der Waals surface area contributed by atoms with Crippen molar-refractivity contribution in [1.29, 1.82) is 0 Å². The topological polar surface area (TPSA) is 75.7 Å². The molecule has 2 N–H and O–H groups in total. The lowest BCUT2D eigenvalue weighted by molar-refractivity contribution is 0.340. The fourth-order valence-electron chi connectivity index (χ4n) is 1.84. The zero-order valence-electron chi connectivity index (χ0n) is 10.6. The van der Waals surface area contributed by atoms with E-state index in [1.54, 1.807) is 0 Å². The first-order valence-corrected chi connectivity index (χ1v) is 5.95. The molecule has 0 saturated heterocycles. The highest BCUT2D eigenvalue weighted by Gasteiger charge is 2.17. The summed E-state index contributed by atoms with van der Waals surface area (Å²) in [6, 6.07) is 7.98. The average molecular weight is 247 g/mol. The van der Waals surface area contributed by atoms with Crippen LogP contribution >= 0.6 is 0 Å². The molecule has 0 radical (unpaired) electrons. The molecule has 6 nitrogen and oxygen atoms in total. The Balaban J connectivity index is 2.20. The van der Waals surface area contributed by atoms with Gasteiger partial charge >= 0.3 is 0 Å². The Hall–Kier alpha value is -1.95. The molecule has 2 rings (SSSR count). The maximum atomic E-state index is 5.43. The number of likely N-dealkylation sites (N-methyl/N-ethyl adjacent to an activating group) is 1. The van der Waals surface area contributed by atoms with E-state index in [1.165, 1.54) is 0 Å². The number of rotatable bonds is 6. The number of aromatic nitrogens is 4. The van der Waals surface area contributed by atoms with Gasteiger partial charge in [0.05, 0.1) is 12.5 Å². The van der Waals surface area contributed by atoms with Gasteiger partial charge in [-0.05, 0) is 31.7 Å². The first-order valence-electron chi connectivity index (χ1n) is 5.95. The fraction of sp³-hybridized carbons (Fsp3) is 0.417. The van der Waals surface area contributed by atoms with E-state index in [4.69, 9.17) is 4.74 Å². The predicted octanol–water partition coefficient (Wildman–Crippen LogP) is 0.950. The Labute approximate surface area is 106 Å². The smallest absolute Gasteiger partial charge is 0.183 e. The molecule has 18 heavy (non-hydrogen) atoms. The van der Waals surface area contributed by atoms with E-state index in [-0.39, 0.29) is 5.92 Å². The van der Waals surface area contributed by atoms with Crippen molar-refractivity contribution >= 4 is 0 Å². The van der Waals surface area contributed by atoms with Crippen LogP contribution in [0.4, 0.5) is 0 Å². The molecule has 1 atom stereocenters. The van der Waals surface area contributed by atoms with Crippen LogP contribution in [0.3, 0.4) is 0 Å². The first kappa shape index (κ1) is 12.5. The van der Waals surface area contributed by atoms with Gasteiger partial charge in [0.15, 0.2) is 5.82 Å². The molecular weight excluding hydrogens is 230 g/mol. The van der Waals surface area contributed by atoms with E-state index in [1.807, 2.05) is 38.2 Å². The van der Waals surface area contributed by atoms with Crippen LogP contribution < -0.4 is 10.1 Å². The van der Waals surface area contributed by atoms with Crippen LogP contribution in [0.1, 0.15) is 24.2 Å². The van der Waals surface area contributed by atoms with Crippen molar-refractivity contribution < 1.29 is 4.74 Å². The standard InChI is InChI=1S/C12H17N5O/c1-3-18-10-6-4-9(5-7-10)11(8-13-2)12-14-16-17-15-12/h4-7,11,13H,3,8H2,1-2H3,(H,14,15,16,17). The highest BCUT2D eigenvalue weighted by molar-refractivity contribution is 5.32. The molecule has 6 heteroatoms. The number of hydrogen-bond acceptors (Lipinski definition) is 5. The van der Waals surface area contributed by atoms with Gasteiger partial charge in [0.2, 0.25) is 0 Å². The number of aromatic amines is 1. The molecule has 2 aromatic rings. The zero-order chi connectivity index (χ0) is 12.8. The summed E-state index contributed by atoms with van der Waals surface area (Å²) in [4.78, 5) is 0. The van der Waals surface area contributed by atoms with Crippen molar-refractivity contribution in [3.05, 3.63) is 35.7 Å². The van der Waals surface area contributed by atoms with Crippen molar-refractivity contribution in [3.8, 4) is 5.75 Å². The quantitative estimate of drug-likeness (QED) is 0.795. The van der Waals surface area contributed by atoms with Crippen molar-refractivity contribution in [3.63, 3.8) is 0 Å². The summed E-state index contributed by atoms with van der Waals surface area (Å²) in [7, 11) is 1.90. The monoisotopic (exact) mass is 247 g/mol. The summed E-state index contributed by atoms with van der Waals surface area (Å²) < 4.78 is 5.43. The molecule has 0 bridgehead atoms. The van der Waals surface area contributed by atoms with E-state index < -0.39 is 0 Å². The van der Waals surface area contributed by atoms with Gasteiger partial charge in [0.25, 0.3) is 0 Å². The zero-order valence-corrected chi connectivity index (χ0v) is 10.6. The Morgan fingerprint density at radius 2 is 2.11 bits per heavy atom. The van der Waals surface area contributed by atoms with E-state index in [9.17, 15) is 0 Å². The molecule has 1 aromatic heterocycles. The summed E-state index contributed by atoms with van der Waals surface area (Å²) in [5.41, 5.74) is 1.13. The van der Waals surface area contributed by atoms with Crippen molar-refractivity contribution in [2.45, 2.75) is 12.8 Å². The Morgan fingerprint density at radius 3 is 2.67 bits per heavy atom. The second-order valence-corrected chi connectivity index (χ2v) is 3.88. The van der Waals surface area contributed by atoms with E-state index >= 15 is 0 Å². The second kappa shape index (κ2) is 6.11. The minimum atomic E-state index is 0.0874. The number of tetrazole rings is 1. The van der Waals surface area contributed by atoms with E-state index in [2.05, 4.69) is 25.9 Å². The van der Waals surface area contributed by atoms with Gasteiger partial charge in [0.1, 0.15) is 5.75 Å². The van der Waals surface area contributed by atoms with Gasteiger partial charge in [-0.15, -0.1) is 10.2 Å². The third-order valence-electron chi connectivity index (χ3n) is 2.68. The highest BCUT2D eigenvalue weighted by Crippen LogP contribution is 2.22. The number of hydrogen-bond donors (Lipinski definition) is 2. The van der Waals surface area contributed by atoms with Gasteiger partial charge in [0, 0.05) is 6.54 Å². The lowest BCUT2D eigenvalue weighted by Gasteiger charge is -2.13. The Morgan fingerprint density at radius 1 is 1.33 bits per heavy atom. The minimum absolute atomic E-state index is 0.0874. The van der Waals surface area contributed by atoms with E-state index in [0.717, 1.165) is 17.9 Å². The lowest BCUT2D eigenvalue weighted by atomic mass is 9.98. The summed E-state index contributed by atoms with van der Waals surface area (Å²) in [6.07, 6.45) is 0. The largest absolute Gasteiger partial charge is 0.494 e. The highest BCUT2D eigenvalue weighted by atomic mass is 16.5. The van der Waals surface area contributed by atoms with Crippen LogP contribution in [-0.4, -0.2) is 40.8 Å². The van der Waals surface area contributed by atoms with Crippen LogP contribution in [0.2, 0.25) is 0 Å². The third-order valence-corrected chi connectivity index (χ3v) is 2.68. The van der Waals surface area contributed by atoms with Crippen LogP contribution in [-0.2, 0) is 0 Å². The van der Waals surface area contributed by atoms with Crippen molar-refractivity contribution in [2.24, 2.45) is 0 Å². The molecule has 0 aliphatic heterocycles. The van der Waals surface area contributed by atoms with Gasteiger partial charge in [-0.2, -0.15) is 5.21 Å². The molecule has 0 saturated carbocycles. The molecule has 1 unspecified atom stereocenters. The fourth-order valence-corrected chi connectivity index (χ4v) is 1.84. The maximum Gasteiger partial charge on any atom is 0.183 e. The van der Waals surface area contributed by atoms with Crippen molar-refractivity contribution in [2.75, 3.05) is 20.2 Å². The lowest BCUT2D eigenvalue weighted by Crippen LogP contribution is -2.19. The SMILES string of the molecule is CCOc1ccc(C(CNC)c2nn[nH]n2)cc1. The molecule has 0 fully saturated rings. The molecule has 0 aliphatic rings. The maximum absolute atomic E-state index is 5.43.